The summed E-state index contributed by atoms with van der Waals surface area (Å²) in [7, 11) is 0. The first-order valence-corrected chi connectivity index (χ1v) is 5.02. The first-order valence-electron chi connectivity index (χ1n) is 5.02. The maximum atomic E-state index is 10.4. The van der Waals surface area contributed by atoms with Crippen LogP contribution in [0.15, 0.2) is 0 Å². The molecule has 0 radical (unpaired) electrons. The van der Waals surface area contributed by atoms with E-state index in [4.69, 9.17) is 0 Å². The van der Waals surface area contributed by atoms with Gasteiger partial charge in [-0.15, -0.1) is 0 Å². The summed E-state index contributed by atoms with van der Waals surface area (Å²) in [6, 6.07) is 0. The van der Waals surface area contributed by atoms with Crippen molar-refractivity contribution >= 4 is 0 Å². The highest BCUT2D eigenvalue weighted by Gasteiger charge is 2.74. The summed E-state index contributed by atoms with van der Waals surface area (Å²) in [4.78, 5) is 0. The maximum absolute atomic E-state index is 10.4. The predicted molar refractivity (Wildman–Crippen MR) is 40.9 cm³/mol. The first kappa shape index (κ1) is 5.58. The molecule has 1 nitrogen and oxygen atoms in total. The zero-order chi connectivity index (χ0) is 7.22. The molecule has 0 aromatic heterocycles. The van der Waals surface area contributed by atoms with E-state index in [2.05, 4.69) is 0 Å². The molecule has 4 saturated carbocycles. The normalized spacial score (nSPS) is 75.5. The second-order valence-electron chi connectivity index (χ2n) is 5.26. The minimum atomic E-state index is -0.117. The van der Waals surface area contributed by atoms with Gasteiger partial charge < -0.3 is 5.11 Å². The summed E-state index contributed by atoms with van der Waals surface area (Å²) in [5, 5.41) is 10.4. The van der Waals surface area contributed by atoms with E-state index in [-0.39, 0.29) is 5.60 Å². The van der Waals surface area contributed by atoms with E-state index in [0.29, 0.717) is 0 Å². The van der Waals surface area contributed by atoms with Gasteiger partial charge in [0.2, 0.25) is 0 Å². The molecular weight excluding hydrogens is 136 g/mol. The van der Waals surface area contributed by atoms with Gasteiger partial charge in [0.25, 0.3) is 0 Å². The van der Waals surface area contributed by atoms with Gasteiger partial charge in [-0.25, -0.2) is 0 Å². The quantitative estimate of drug-likeness (QED) is 0.553. The van der Waals surface area contributed by atoms with Crippen LogP contribution < -0.4 is 0 Å². The second-order valence-corrected chi connectivity index (χ2v) is 5.26. The molecule has 6 atom stereocenters. The molecule has 4 rings (SSSR count). The Labute approximate surface area is 66.8 Å². The van der Waals surface area contributed by atoms with Crippen LogP contribution in [0.5, 0.6) is 0 Å². The van der Waals surface area contributed by atoms with Gasteiger partial charge in [0, 0.05) is 0 Å². The van der Waals surface area contributed by atoms with Crippen LogP contribution >= 0.6 is 0 Å². The monoisotopic (exact) mass is 150 g/mol. The molecule has 0 amide bonds. The van der Waals surface area contributed by atoms with Crippen molar-refractivity contribution in [2.24, 2.45) is 29.6 Å². The van der Waals surface area contributed by atoms with Crippen molar-refractivity contribution in [3.63, 3.8) is 0 Å². The lowest BCUT2D eigenvalue weighted by molar-refractivity contribution is -0.149. The topological polar surface area (TPSA) is 20.2 Å². The Morgan fingerprint density at radius 1 is 0.909 bits per heavy atom. The van der Waals surface area contributed by atoms with Crippen molar-refractivity contribution in [2.75, 3.05) is 0 Å². The fourth-order valence-corrected chi connectivity index (χ4v) is 4.95. The minimum Gasteiger partial charge on any atom is -0.389 e. The molecule has 4 fully saturated rings. The van der Waals surface area contributed by atoms with Gasteiger partial charge in [0.05, 0.1) is 5.60 Å². The number of aliphatic hydroxyl groups is 1. The largest absolute Gasteiger partial charge is 0.389 e. The van der Waals surface area contributed by atoms with Crippen molar-refractivity contribution in [3.8, 4) is 0 Å². The summed E-state index contributed by atoms with van der Waals surface area (Å²) in [6.07, 6.45) is 5.58. The summed E-state index contributed by atoms with van der Waals surface area (Å²) < 4.78 is 0. The smallest absolute Gasteiger partial charge is 0.0737 e. The highest BCUT2D eigenvalue weighted by molar-refractivity contribution is 5.23. The van der Waals surface area contributed by atoms with Gasteiger partial charge in [-0.05, 0) is 55.3 Å². The molecule has 0 aromatic carbocycles. The summed E-state index contributed by atoms with van der Waals surface area (Å²) in [5.74, 6) is 4.10. The van der Waals surface area contributed by atoms with E-state index < -0.39 is 0 Å². The second kappa shape index (κ2) is 1.28. The van der Waals surface area contributed by atoms with E-state index in [1.165, 1.54) is 25.7 Å². The van der Waals surface area contributed by atoms with Gasteiger partial charge in [-0.1, -0.05) is 0 Å². The standard InChI is InChI=1S/C10H14O/c11-10-7-2-5-1-6(3-8(5)10)9(10)4-7/h5-9,11H,1-4H2. The fraction of sp³-hybridized carbons (Fsp3) is 1.00. The molecular formula is C10H14O. The molecule has 4 aliphatic carbocycles. The highest BCUT2D eigenvalue weighted by Crippen LogP contribution is 2.74. The van der Waals surface area contributed by atoms with Crippen LogP contribution in [0.3, 0.4) is 0 Å². The highest BCUT2D eigenvalue weighted by atomic mass is 16.3. The molecule has 2 bridgehead atoms. The Morgan fingerprint density at radius 3 is 2.45 bits per heavy atom. The molecule has 0 saturated heterocycles. The summed E-state index contributed by atoms with van der Waals surface area (Å²) >= 11 is 0. The van der Waals surface area contributed by atoms with Crippen LogP contribution in [0.1, 0.15) is 25.7 Å². The minimum absolute atomic E-state index is 0.117. The fourth-order valence-electron chi connectivity index (χ4n) is 4.95. The third-order valence-electron chi connectivity index (χ3n) is 5.27. The first-order chi connectivity index (χ1) is 5.30. The zero-order valence-electron chi connectivity index (χ0n) is 6.66. The van der Waals surface area contributed by atoms with Gasteiger partial charge in [-0.2, -0.15) is 0 Å². The lowest BCUT2D eigenvalue weighted by Gasteiger charge is -2.49. The van der Waals surface area contributed by atoms with E-state index in [1.54, 1.807) is 0 Å². The van der Waals surface area contributed by atoms with Crippen LogP contribution in [-0.4, -0.2) is 10.7 Å². The Balaban J connectivity index is 1.96. The number of fused-ring (bicyclic) bond motifs is 2. The van der Waals surface area contributed by atoms with Crippen LogP contribution in [0.2, 0.25) is 0 Å². The number of rotatable bonds is 0. The molecule has 6 unspecified atom stereocenters. The molecule has 1 N–H and O–H groups in total. The third-order valence-corrected chi connectivity index (χ3v) is 5.27. The Bertz CT molecular complexity index is 235. The average molecular weight is 150 g/mol. The van der Waals surface area contributed by atoms with Gasteiger partial charge in [-0.3, -0.25) is 0 Å². The van der Waals surface area contributed by atoms with E-state index in [9.17, 15) is 5.11 Å². The Kier molecular flexibility index (Phi) is 0.651. The van der Waals surface area contributed by atoms with Crippen LogP contribution in [0, 0.1) is 29.6 Å². The van der Waals surface area contributed by atoms with E-state index in [1.807, 2.05) is 0 Å². The number of hydrogen-bond acceptors (Lipinski definition) is 1. The van der Waals surface area contributed by atoms with Crippen molar-refractivity contribution in [1.29, 1.82) is 0 Å². The average Bonchev–Trinajstić information content (AvgIpc) is 2.34. The van der Waals surface area contributed by atoms with E-state index in [0.717, 1.165) is 29.6 Å². The van der Waals surface area contributed by atoms with Crippen molar-refractivity contribution in [3.05, 3.63) is 0 Å². The molecule has 4 aliphatic rings. The summed E-state index contributed by atoms with van der Waals surface area (Å²) in [5.41, 5.74) is -0.117. The van der Waals surface area contributed by atoms with Crippen LogP contribution in [-0.2, 0) is 0 Å². The van der Waals surface area contributed by atoms with Crippen LogP contribution in [0.25, 0.3) is 0 Å². The number of hydrogen-bond donors (Lipinski definition) is 1. The zero-order valence-corrected chi connectivity index (χ0v) is 6.66. The lowest BCUT2D eigenvalue weighted by atomic mass is 9.60. The van der Waals surface area contributed by atoms with E-state index >= 15 is 0 Å². The van der Waals surface area contributed by atoms with Crippen molar-refractivity contribution in [1.82, 2.24) is 0 Å². The third kappa shape index (κ3) is 0.358. The molecule has 0 aliphatic heterocycles. The van der Waals surface area contributed by atoms with Crippen molar-refractivity contribution in [2.45, 2.75) is 31.3 Å². The van der Waals surface area contributed by atoms with Crippen molar-refractivity contribution < 1.29 is 5.11 Å². The molecule has 0 heterocycles. The summed E-state index contributed by atoms with van der Waals surface area (Å²) in [6.45, 7) is 0. The predicted octanol–water partition coefficient (Wildman–Crippen LogP) is 1.41. The molecule has 60 valence electrons. The molecule has 0 aromatic rings. The van der Waals surface area contributed by atoms with Gasteiger partial charge in [0.15, 0.2) is 0 Å². The Hall–Kier alpha value is -0.0400. The van der Waals surface area contributed by atoms with Gasteiger partial charge >= 0.3 is 0 Å². The molecule has 11 heavy (non-hydrogen) atoms. The SMILES string of the molecule is OC12C3CC4CC(CC41)C2C3. The Morgan fingerprint density at radius 2 is 1.64 bits per heavy atom. The van der Waals surface area contributed by atoms with Gasteiger partial charge in [0.1, 0.15) is 0 Å². The maximum Gasteiger partial charge on any atom is 0.0737 e. The van der Waals surface area contributed by atoms with Crippen LogP contribution in [0.4, 0.5) is 0 Å². The molecule has 1 heteroatoms. The lowest BCUT2D eigenvalue weighted by Crippen LogP contribution is -2.54. The molecule has 0 spiro atoms.